The second-order valence-corrected chi connectivity index (χ2v) is 7.04. The number of aryl methyl sites for hydroxylation is 1. The Bertz CT molecular complexity index is 847. The van der Waals surface area contributed by atoms with Crippen LogP contribution in [0.1, 0.15) is 29.7 Å². The number of hydrogen-bond acceptors (Lipinski definition) is 3. The van der Waals surface area contributed by atoms with Gasteiger partial charge in [-0.3, -0.25) is 4.79 Å². The van der Waals surface area contributed by atoms with Gasteiger partial charge in [0, 0.05) is 22.7 Å². The molecular weight excluding hydrogens is 390 g/mol. The fourth-order valence-corrected chi connectivity index (χ4v) is 3.65. The third-order valence-corrected chi connectivity index (χ3v) is 5.48. The van der Waals surface area contributed by atoms with Crippen molar-refractivity contribution in [2.24, 2.45) is 0 Å². The van der Waals surface area contributed by atoms with E-state index in [2.05, 4.69) is 10.3 Å². The number of amides is 1. The number of aromatic nitrogens is 1. The molecule has 1 amide bonds. The Morgan fingerprint density at radius 3 is 2.72 bits per heavy atom. The third kappa shape index (κ3) is 3.47. The van der Waals surface area contributed by atoms with E-state index in [1.807, 2.05) is 0 Å². The van der Waals surface area contributed by atoms with Crippen molar-refractivity contribution in [2.75, 3.05) is 0 Å². The van der Waals surface area contributed by atoms with E-state index in [4.69, 9.17) is 34.8 Å². The van der Waals surface area contributed by atoms with Crippen LogP contribution in [0.5, 0.6) is 0 Å². The Labute approximate surface area is 158 Å². The lowest BCUT2D eigenvalue weighted by molar-refractivity contribution is -0.142. The molecule has 0 saturated carbocycles. The van der Waals surface area contributed by atoms with Crippen LogP contribution >= 0.6 is 34.8 Å². The first-order chi connectivity index (χ1) is 11.8. The van der Waals surface area contributed by atoms with Gasteiger partial charge in [0.15, 0.2) is 5.60 Å². The lowest BCUT2D eigenvalue weighted by Gasteiger charge is -2.32. The maximum absolute atomic E-state index is 13.3. The zero-order chi connectivity index (χ0) is 18.2. The van der Waals surface area contributed by atoms with Gasteiger partial charge in [-0.2, -0.15) is 4.39 Å². The number of fused-ring (bicyclic) bond motifs is 1. The van der Waals surface area contributed by atoms with Crippen LogP contribution in [0.3, 0.4) is 0 Å². The normalized spacial score (nSPS) is 19.4. The summed E-state index contributed by atoms with van der Waals surface area (Å²) in [7, 11) is 0. The van der Waals surface area contributed by atoms with Crippen LogP contribution in [0.25, 0.3) is 0 Å². The molecule has 2 aromatic rings. The van der Waals surface area contributed by atoms with Crippen LogP contribution in [0, 0.1) is 5.95 Å². The maximum Gasteiger partial charge on any atom is 0.256 e. The smallest absolute Gasteiger partial charge is 0.256 e. The number of carbonyl (C=O) groups excluding carboxylic acids is 1. The predicted molar refractivity (Wildman–Crippen MR) is 94.3 cm³/mol. The predicted octanol–water partition coefficient (Wildman–Crippen LogP) is 4.02. The largest absolute Gasteiger partial charge is 0.375 e. The lowest BCUT2D eigenvalue weighted by atomic mass is 9.81. The number of rotatable bonds is 3. The molecule has 0 aliphatic heterocycles. The molecule has 0 fully saturated rings. The summed E-state index contributed by atoms with van der Waals surface area (Å²) in [6.07, 6.45) is 1.25. The van der Waals surface area contributed by atoms with Crippen LogP contribution in [0.15, 0.2) is 24.3 Å². The molecule has 4 nitrogen and oxygen atoms in total. The van der Waals surface area contributed by atoms with Gasteiger partial charge in [0.05, 0.1) is 15.7 Å². The van der Waals surface area contributed by atoms with E-state index >= 15 is 0 Å². The molecule has 0 radical (unpaired) electrons. The molecule has 1 aromatic carbocycles. The zero-order valence-electron chi connectivity index (χ0n) is 13.0. The minimum Gasteiger partial charge on any atom is -0.375 e. The molecule has 0 bridgehead atoms. The van der Waals surface area contributed by atoms with Crippen molar-refractivity contribution in [2.45, 2.75) is 31.4 Å². The molecule has 2 N–H and O–H groups in total. The monoisotopic (exact) mass is 402 g/mol. The maximum atomic E-state index is 13.3. The quantitative estimate of drug-likeness (QED) is 0.601. The highest BCUT2D eigenvalue weighted by molar-refractivity contribution is 6.44. The van der Waals surface area contributed by atoms with Gasteiger partial charge in [-0.25, -0.2) is 4.98 Å². The highest BCUT2D eigenvalue weighted by Gasteiger charge is 2.42. The van der Waals surface area contributed by atoms with E-state index in [1.54, 1.807) is 12.1 Å². The van der Waals surface area contributed by atoms with Gasteiger partial charge in [0.1, 0.15) is 0 Å². The van der Waals surface area contributed by atoms with Gasteiger partial charge in [-0.05, 0) is 43.5 Å². The molecule has 8 heteroatoms. The second-order valence-electron chi connectivity index (χ2n) is 5.85. The van der Waals surface area contributed by atoms with E-state index < -0.39 is 17.5 Å². The van der Waals surface area contributed by atoms with Crippen molar-refractivity contribution in [1.29, 1.82) is 0 Å². The summed E-state index contributed by atoms with van der Waals surface area (Å²) < 4.78 is 13.3. The molecule has 3 rings (SSSR count). The Morgan fingerprint density at radius 1 is 1.24 bits per heavy atom. The number of carbonyl (C=O) groups is 1. The van der Waals surface area contributed by atoms with Crippen LogP contribution in [0.4, 0.5) is 4.39 Å². The molecule has 1 atom stereocenters. The number of nitrogens with zero attached hydrogens (tertiary/aromatic N) is 1. The highest BCUT2D eigenvalue weighted by atomic mass is 35.5. The first-order valence-electron chi connectivity index (χ1n) is 7.62. The number of halogens is 4. The minimum atomic E-state index is -1.77. The van der Waals surface area contributed by atoms with Crippen LogP contribution in [-0.2, 0) is 23.4 Å². The number of aliphatic hydroxyl groups is 1. The van der Waals surface area contributed by atoms with Gasteiger partial charge in [-0.1, -0.05) is 34.8 Å². The van der Waals surface area contributed by atoms with Crippen molar-refractivity contribution in [1.82, 2.24) is 10.3 Å². The molecule has 1 aliphatic carbocycles. The molecular formula is C17H14Cl3FN2O2. The standard InChI is InChI=1S/C17H14Cl3FN2O2/c18-11-4-5-12(19)15(20)9(11)8-22-16(24)17(25)7-1-2-13-10(17)3-6-14(21)23-13/h3-6,25H,1-2,7-8H2,(H,22,24). The summed E-state index contributed by atoms with van der Waals surface area (Å²) in [5.41, 5.74) is -0.601. The third-order valence-electron chi connectivity index (χ3n) is 4.28. The van der Waals surface area contributed by atoms with Crippen molar-refractivity contribution < 1.29 is 14.3 Å². The van der Waals surface area contributed by atoms with E-state index in [0.29, 0.717) is 39.7 Å². The lowest BCUT2D eigenvalue weighted by Crippen LogP contribution is -2.46. The molecule has 0 saturated heterocycles. The Kier molecular flexibility index (Phi) is 5.21. The summed E-state index contributed by atoms with van der Waals surface area (Å²) >= 11 is 18.2. The summed E-state index contributed by atoms with van der Waals surface area (Å²) in [4.78, 5) is 16.4. The Balaban J connectivity index is 1.84. The number of pyridine rings is 1. The average Bonchev–Trinajstić information content (AvgIpc) is 2.58. The fourth-order valence-electron chi connectivity index (χ4n) is 2.97. The first-order valence-corrected chi connectivity index (χ1v) is 8.75. The molecule has 1 unspecified atom stereocenters. The zero-order valence-corrected chi connectivity index (χ0v) is 15.2. The van der Waals surface area contributed by atoms with Gasteiger partial charge in [0.25, 0.3) is 5.91 Å². The number of hydrogen-bond donors (Lipinski definition) is 2. The van der Waals surface area contributed by atoms with Crippen molar-refractivity contribution >= 4 is 40.7 Å². The van der Waals surface area contributed by atoms with Gasteiger partial charge in [0.2, 0.25) is 5.95 Å². The number of benzene rings is 1. The summed E-state index contributed by atoms with van der Waals surface area (Å²) in [6, 6.07) is 5.67. The number of nitrogens with one attached hydrogen (secondary N) is 1. The molecule has 1 aliphatic rings. The van der Waals surface area contributed by atoms with E-state index in [9.17, 15) is 14.3 Å². The molecule has 1 heterocycles. The summed E-state index contributed by atoms with van der Waals surface area (Å²) in [6.45, 7) is 0.00330. The topological polar surface area (TPSA) is 62.2 Å². The van der Waals surface area contributed by atoms with E-state index in [1.165, 1.54) is 6.07 Å². The van der Waals surface area contributed by atoms with Crippen molar-refractivity contribution in [3.05, 3.63) is 62.1 Å². The SMILES string of the molecule is O=C(NCc1c(Cl)ccc(Cl)c1Cl)C1(O)CCCc2nc(F)ccc21. The molecule has 0 spiro atoms. The second kappa shape index (κ2) is 7.08. The average molecular weight is 404 g/mol. The van der Waals surface area contributed by atoms with Crippen LogP contribution in [-0.4, -0.2) is 16.0 Å². The van der Waals surface area contributed by atoms with Gasteiger partial charge < -0.3 is 10.4 Å². The first kappa shape index (κ1) is 18.4. The van der Waals surface area contributed by atoms with Gasteiger partial charge >= 0.3 is 0 Å². The summed E-state index contributed by atoms with van der Waals surface area (Å²) in [5, 5.41) is 14.4. The van der Waals surface area contributed by atoms with Crippen molar-refractivity contribution in [3.63, 3.8) is 0 Å². The van der Waals surface area contributed by atoms with Gasteiger partial charge in [-0.15, -0.1) is 0 Å². The van der Waals surface area contributed by atoms with Crippen LogP contribution < -0.4 is 5.32 Å². The van der Waals surface area contributed by atoms with E-state index in [-0.39, 0.29) is 18.0 Å². The Hall–Kier alpha value is -1.40. The van der Waals surface area contributed by atoms with Crippen LogP contribution in [0.2, 0.25) is 15.1 Å². The molecule has 25 heavy (non-hydrogen) atoms. The minimum absolute atomic E-state index is 0.00330. The molecule has 132 valence electrons. The molecule has 1 aromatic heterocycles. The highest BCUT2D eigenvalue weighted by Crippen LogP contribution is 2.35. The van der Waals surface area contributed by atoms with Crippen molar-refractivity contribution in [3.8, 4) is 0 Å². The fraction of sp³-hybridized carbons (Fsp3) is 0.294. The summed E-state index contributed by atoms with van der Waals surface area (Å²) in [5.74, 6) is -1.25. The Morgan fingerprint density at radius 2 is 1.96 bits per heavy atom. The van der Waals surface area contributed by atoms with E-state index in [0.717, 1.165) is 6.07 Å².